The molecule has 0 unspecified atom stereocenters. The summed E-state index contributed by atoms with van der Waals surface area (Å²) in [7, 11) is 1.96. The van der Waals surface area contributed by atoms with Crippen molar-refractivity contribution >= 4 is 11.5 Å². The lowest BCUT2D eigenvalue weighted by atomic mass is 10.0. The van der Waals surface area contributed by atoms with Gasteiger partial charge in [0.15, 0.2) is 5.78 Å². The second-order valence-electron chi connectivity index (χ2n) is 5.44. The SMILES string of the molecule is Cc1cccc(N(C)CC(=O)c2cc(C)ccc2C)c1. The number of carbonyl (C=O) groups excluding carboxylic acids is 1. The summed E-state index contributed by atoms with van der Waals surface area (Å²) in [5, 5.41) is 0. The topological polar surface area (TPSA) is 20.3 Å². The van der Waals surface area contributed by atoms with Gasteiger partial charge in [-0.25, -0.2) is 0 Å². The molecule has 0 fully saturated rings. The minimum Gasteiger partial charge on any atom is -0.367 e. The average Bonchev–Trinajstić information content (AvgIpc) is 2.41. The molecule has 2 nitrogen and oxygen atoms in total. The van der Waals surface area contributed by atoms with Gasteiger partial charge in [0.2, 0.25) is 0 Å². The zero-order valence-electron chi connectivity index (χ0n) is 12.6. The van der Waals surface area contributed by atoms with Crippen molar-refractivity contribution in [3.8, 4) is 0 Å². The van der Waals surface area contributed by atoms with Crippen LogP contribution in [-0.2, 0) is 0 Å². The zero-order chi connectivity index (χ0) is 14.7. The molecule has 2 heteroatoms. The van der Waals surface area contributed by atoms with Crippen molar-refractivity contribution in [2.75, 3.05) is 18.5 Å². The number of nitrogens with zero attached hydrogens (tertiary/aromatic N) is 1. The fourth-order valence-corrected chi connectivity index (χ4v) is 2.29. The number of carbonyl (C=O) groups is 1. The smallest absolute Gasteiger partial charge is 0.182 e. The summed E-state index contributed by atoms with van der Waals surface area (Å²) >= 11 is 0. The van der Waals surface area contributed by atoms with Crippen molar-refractivity contribution in [1.29, 1.82) is 0 Å². The van der Waals surface area contributed by atoms with E-state index >= 15 is 0 Å². The highest BCUT2D eigenvalue weighted by atomic mass is 16.1. The van der Waals surface area contributed by atoms with Gasteiger partial charge in [0.25, 0.3) is 0 Å². The van der Waals surface area contributed by atoms with Crippen LogP contribution in [0.2, 0.25) is 0 Å². The Morgan fingerprint density at radius 3 is 2.40 bits per heavy atom. The molecule has 0 heterocycles. The first kappa shape index (κ1) is 14.3. The summed E-state index contributed by atoms with van der Waals surface area (Å²) in [4.78, 5) is 14.4. The lowest BCUT2D eigenvalue weighted by Gasteiger charge is -2.19. The van der Waals surface area contributed by atoms with Crippen LogP contribution in [-0.4, -0.2) is 19.4 Å². The molecule has 0 saturated heterocycles. The highest BCUT2D eigenvalue weighted by Gasteiger charge is 2.12. The first-order valence-corrected chi connectivity index (χ1v) is 6.85. The van der Waals surface area contributed by atoms with Crippen LogP contribution >= 0.6 is 0 Å². The van der Waals surface area contributed by atoms with Crippen LogP contribution in [0.4, 0.5) is 5.69 Å². The predicted octanol–water partition coefficient (Wildman–Crippen LogP) is 3.93. The summed E-state index contributed by atoms with van der Waals surface area (Å²) in [6.07, 6.45) is 0. The van der Waals surface area contributed by atoms with E-state index in [0.29, 0.717) is 6.54 Å². The molecule has 20 heavy (non-hydrogen) atoms. The number of benzene rings is 2. The van der Waals surface area contributed by atoms with Crippen molar-refractivity contribution < 1.29 is 4.79 Å². The van der Waals surface area contributed by atoms with Gasteiger partial charge in [0, 0.05) is 18.3 Å². The van der Waals surface area contributed by atoms with Crippen molar-refractivity contribution in [3.05, 3.63) is 64.7 Å². The quantitative estimate of drug-likeness (QED) is 0.782. The summed E-state index contributed by atoms with van der Waals surface area (Å²) in [5.41, 5.74) is 5.26. The largest absolute Gasteiger partial charge is 0.367 e. The van der Waals surface area contributed by atoms with E-state index < -0.39 is 0 Å². The van der Waals surface area contributed by atoms with Crippen LogP contribution in [0.5, 0.6) is 0 Å². The fourth-order valence-electron chi connectivity index (χ4n) is 2.29. The van der Waals surface area contributed by atoms with E-state index in [1.54, 1.807) is 0 Å². The second-order valence-corrected chi connectivity index (χ2v) is 5.44. The second kappa shape index (κ2) is 5.91. The number of likely N-dealkylation sites (N-methyl/N-ethyl adjacent to an activating group) is 1. The van der Waals surface area contributed by atoms with Gasteiger partial charge in [-0.3, -0.25) is 4.79 Å². The Labute approximate surface area is 121 Å². The molecule has 104 valence electrons. The third-order valence-electron chi connectivity index (χ3n) is 3.52. The van der Waals surface area contributed by atoms with Crippen LogP contribution in [0.15, 0.2) is 42.5 Å². The van der Waals surface area contributed by atoms with E-state index in [1.165, 1.54) is 5.56 Å². The molecule has 2 aromatic rings. The van der Waals surface area contributed by atoms with Gasteiger partial charge in [-0.15, -0.1) is 0 Å². The van der Waals surface area contributed by atoms with Crippen molar-refractivity contribution in [2.45, 2.75) is 20.8 Å². The number of Topliss-reactive ketones (excluding diaryl/α,β-unsaturated/α-hetero) is 1. The van der Waals surface area contributed by atoms with Gasteiger partial charge in [0.05, 0.1) is 6.54 Å². The normalized spacial score (nSPS) is 10.4. The number of ketones is 1. The Balaban J connectivity index is 2.17. The molecule has 0 spiro atoms. The molecule has 2 aromatic carbocycles. The van der Waals surface area contributed by atoms with Gasteiger partial charge in [-0.2, -0.15) is 0 Å². The van der Waals surface area contributed by atoms with Gasteiger partial charge < -0.3 is 4.90 Å². The van der Waals surface area contributed by atoms with Crippen LogP contribution in [0.25, 0.3) is 0 Å². The molecule has 0 bridgehead atoms. The molecule has 0 atom stereocenters. The lowest BCUT2D eigenvalue weighted by molar-refractivity contribution is 0.0999. The molecule has 2 rings (SSSR count). The van der Waals surface area contributed by atoms with Gasteiger partial charge in [-0.05, 0) is 50.1 Å². The number of anilines is 1. The molecule has 0 aliphatic rings. The van der Waals surface area contributed by atoms with Crippen LogP contribution in [0, 0.1) is 20.8 Å². The summed E-state index contributed by atoms with van der Waals surface area (Å²) in [5.74, 6) is 0.162. The predicted molar refractivity (Wildman–Crippen MR) is 84.7 cm³/mol. The van der Waals surface area contributed by atoms with Crippen LogP contribution in [0.3, 0.4) is 0 Å². The average molecular weight is 267 g/mol. The third-order valence-corrected chi connectivity index (χ3v) is 3.52. The summed E-state index contributed by atoms with van der Waals surface area (Å²) in [6, 6.07) is 14.2. The maximum atomic E-state index is 12.4. The minimum atomic E-state index is 0.162. The number of aryl methyl sites for hydroxylation is 3. The first-order valence-electron chi connectivity index (χ1n) is 6.85. The Morgan fingerprint density at radius 1 is 1.00 bits per heavy atom. The van der Waals surface area contributed by atoms with Crippen LogP contribution < -0.4 is 4.90 Å². The van der Waals surface area contributed by atoms with Crippen molar-refractivity contribution in [1.82, 2.24) is 0 Å². The first-order chi connectivity index (χ1) is 9.47. The Morgan fingerprint density at radius 2 is 1.70 bits per heavy atom. The van der Waals surface area contributed by atoms with E-state index in [9.17, 15) is 4.79 Å². The van der Waals surface area contributed by atoms with Gasteiger partial charge in [0.1, 0.15) is 0 Å². The molecule has 0 radical (unpaired) electrons. The Bertz CT molecular complexity index is 631. The fraction of sp³-hybridized carbons (Fsp3) is 0.278. The van der Waals surface area contributed by atoms with Crippen LogP contribution in [0.1, 0.15) is 27.0 Å². The Hall–Kier alpha value is -2.09. The summed E-state index contributed by atoms with van der Waals surface area (Å²) < 4.78 is 0. The summed E-state index contributed by atoms with van der Waals surface area (Å²) in [6.45, 7) is 6.46. The molecule has 0 aliphatic carbocycles. The van der Waals surface area contributed by atoms with E-state index in [4.69, 9.17) is 0 Å². The minimum absolute atomic E-state index is 0.162. The van der Waals surface area contributed by atoms with E-state index in [2.05, 4.69) is 19.1 Å². The molecule has 0 N–H and O–H groups in total. The molecule has 0 aliphatic heterocycles. The number of hydrogen-bond donors (Lipinski definition) is 0. The third kappa shape index (κ3) is 3.27. The molecule has 0 saturated carbocycles. The standard InChI is InChI=1S/C18H21NO/c1-13-6-5-7-16(10-13)19(4)12-18(20)17-11-14(2)8-9-15(17)3/h5-11H,12H2,1-4H3. The van der Waals surface area contributed by atoms with Gasteiger partial charge >= 0.3 is 0 Å². The highest BCUT2D eigenvalue weighted by Crippen LogP contribution is 2.16. The highest BCUT2D eigenvalue weighted by molar-refractivity contribution is 6.00. The maximum absolute atomic E-state index is 12.4. The molecule has 0 amide bonds. The number of rotatable bonds is 4. The Kier molecular flexibility index (Phi) is 4.23. The zero-order valence-corrected chi connectivity index (χ0v) is 12.6. The van der Waals surface area contributed by atoms with Crippen molar-refractivity contribution in [3.63, 3.8) is 0 Å². The van der Waals surface area contributed by atoms with Crippen molar-refractivity contribution in [2.24, 2.45) is 0 Å². The van der Waals surface area contributed by atoms with E-state index in [0.717, 1.165) is 22.4 Å². The molecular formula is C18H21NO. The lowest BCUT2D eigenvalue weighted by Crippen LogP contribution is -2.26. The van der Waals surface area contributed by atoms with E-state index in [1.807, 2.05) is 56.1 Å². The molecule has 0 aromatic heterocycles. The maximum Gasteiger partial charge on any atom is 0.182 e. The van der Waals surface area contributed by atoms with Gasteiger partial charge in [-0.1, -0.05) is 29.8 Å². The molecular weight excluding hydrogens is 246 g/mol. The monoisotopic (exact) mass is 267 g/mol. The number of hydrogen-bond acceptors (Lipinski definition) is 2. The van der Waals surface area contributed by atoms with E-state index in [-0.39, 0.29) is 5.78 Å².